The number of likely N-dealkylation sites (N-methyl/N-ethyl adjacent to an activating group) is 1. The Morgan fingerprint density at radius 2 is 2.24 bits per heavy atom. The quantitative estimate of drug-likeness (QED) is 0.792. The van der Waals surface area contributed by atoms with E-state index in [0.717, 1.165) is 25.9 Å². The summed E-state index contributed by atoms with van der Waals surface area (Å²) in [5.74, 6) is 0.141. The van der Waals surface area contributed by atoms with Crippen LogP contribution in [0.5, 0.6) is 0 Å². The van der Waals surface area contributed by atoms with E-state index >= 15 is 0 Å². The summed E-state index contributed by atoms with van der Waals surface area (Å²) in [4.78, 5) is 14.5. The molecule has 1 aliphatic heterocycles. The summed E-state index contributed by atoms with van der Waals surface area (Å²) in [5.41, 5.74) is -0.663. The molecule has 2 unspecified atom stereocenters. The Hall–Kier alpha value is -0.610. The van der Waals surface area contributed by atoms with Crippen LogP contribution in [0.4, 0.5) is 0 Å². The largest absolute Gasteiger partial charge is 0.369 e. The maximum Gasteiger partial charge on any atom is 0.254 e. The van der Waals surface area contributed by atoms with Gasteiger partial charge in [0.2, 0.25) is 0 Å². The van der Waals surface area contributed by atoms with E-state index in [1.54, 1.807) is 7.11 Å². The zero-order valence-corrected chi connectivity index (χ0v) is 11.6. The zero-order valence-electron chi connectivity index (χ0n) is 11.6. The van der Waals surface area contributed by atoms with Crippen molar-refractivity contribution in [2.24, 2.45) is 0 Å². The minimum atomic E-state index is -0.663. The van der Waals surface area contributed by atoms with Crippen LogP contribution in [0.15, 0.2) is 0 Å². The average Bonchev–Trinajstić information content (AvgIpc) is 2.38. The summed E-state index contributed by atoms with van der Waals surface area (Å²) in [6.07, 6.45) is 4.13. The highest BCUT2D eigenvalue weighted by molar-refractivity contribution is 5.85. The summed E-state index contributed by atoms with van der Waals surface area (Å²) >= 11 is 0. The van der Waals surface area contributed by atoms with Gasteiger partial charge in [-0.05, 0) is 39.7 Å². The van der Waals surface area contributed by atoms with Gasteiger partial charge in [0.15, 0.2) is 0 Å². The molecule has 4 heteroatoms. The van der Waals surface area contributed by atoms with E-state index in [2.05, 4.69) is 5.32 Å². The number of ether oxygens (including phenoxy) is 1. The standard InChI is InChI=1S/C13H26N2O2/c1-5-13(2,17-4)12(16)15-9-7-6-8-11(15)10-14-3/h11,14H,5-10H2,1-4H3. The lowest BCUT2D eigenvalue weighted by molar-refractivity contribution is -0.157. The molecule has 1 amide bonds. The van der Waals surface area contributed by atoms with Gasteiger partial charge in [0.25, 0.3) is 5.91 Å². The van der Waals surface area contributed by atoms with Gasteiger partial charge >= 0.3 is 0 Å². The van der Waals surface area contributed by atoms with Crippen LogP contribution in [0.2, 0.25) is 0 Å². The molecule has 0 aromatic carbocycles. The number of piperidine rings is 1. The van der Waals surface area contributed by atoms with Gasteiger partial charge in [0, 0.05) is 26.2 Å². The Morgan fingerprint density at radius 1 is 1.53 bits per heavy atom. The number of carbonyl (C=O) groups is 1. The van der Waals surface area contributed by atoms with Crippen LogP contribution in [-0.4, -0.2) is 49.7 Å². The fourth-order valence-corrected chi connectivity index (χ4v) is 2.40. The maximum atomic E-state index is 12.5. The van der Waals surface area contributed by atoms with Crippen molar-refractivity contribution in [3.63, 3.8) is 0 Å². The van der Waals surface area contributed by atoms with Crippen molar-refractivity contribution >= 4 is 5.91 Å². The highest BCUT2D eigenvalue weighted by Crippen LogP contribution is 2.24. The smallest absolute Gasteiger partial charge is 0.254 e. The number of carbonyl (C=O) groups excluding carboxylic acids is 1. The molecular formula is C13H26N2O2. The predicted octanol–water partition coefficient (Wildman–Crippen LogP) is 1.40. The molecule has 1 aliphatic rings. The van der Waals surface area contributed by atoms with Gasteiger partial charge in [-0.2, -0.15) is 0 Å². The van der Waals surface area contributed by atoms with Gasteiger partial charge in [-0.1, -0.05) is 6.92 Å². The van der Waals surface area contributed by atoms with Gasteiger partial charge in [0.1, 0.15) is 5.60 Å². The molecule has 1 fully saturated rings. The molecule has 0 radical (unpaired) electrons. The van der Waals surface area contributed by atoms with Crippen LogP contribution in [0, 0.1) is 0 Å². The number of likely N-dealkylation sites (tertiary alicyclic amines) is 1. The molecule has 0 aromatic heterocycles. The predicted molar refractivity (Wildman–Crippen MR) is 69.0 cm³/mol. The molecular weight excluding hydrogens is 216 g/mol. The minimum absolute atomic E-state index is 0.141. The zero-order chi connectivity index (χ0) is 12.9. The number of nitrogens with zero attached hydrogens (tertiary/aromatic N) is 1. The molecule has 0 saturated carbocycles. The number of hydrogen-bond donors (Lipinski definition) is 1. The van der Waals surface area contributed by atoms with E-state index in [9.17, 15) is 4.79 Å². The maximum absolute atomic E-state index is 12.5. The highest BCUT2D eigenvalue weighted by atomic mass is 16.5. The van der Waals surface area contributed by atoms with Crippen LogP contribution in [0.3, 0.4) is 0 Å². The fourth-order valence-electron chi connectivity index (χ4n) is 2.40. The molecule has 1 N–H and O–H groups in total. The number of rotatable bonds is 5. The minimum Gasteiger partial charge on any atom is -0.369 e. The summed E-state index contributed by atoms with van der Waals surface area (Å²) < 4.78 is 5.42. The van der Waals surface area contributed by atoms with Crippen LogP contribution >= 0.6 is 0 Å². The highest BCUT2D eigenvalue weighted by Gasteiger charge is 2.38. The monoisotopic (exact) mass is 242 g/mol. The Morgan fingerprint density at radius 3 is 2.76 bits per heavy atom. The third kappa shape index (κ3) is 3.19. The Bertz CT molecular complexity index is 250. The lowest BCUT2D eigenvalue weighted by Gasteiger charge is -2.40. The first-order valence-corrected chi connectivity index (χ1v) is 6.60. The fraction of sp³-hybridized carbons (Fsp3) is 0.923. The van der Waals surface area contributed by atoms with Crippen LogP contribution in [0.25, 0.3) is 0 Å². The third-order valence-corrected chi connectivity index (χ3v) is 3.91. The van der Waals surface area contributed by atoms with Gasteiger partial charge in [-0.25, -0.2) is 0 Å². The summed E-state index contributed by atoms with van der Waals surface area (Å²) in [6, 6.07) is 0.322. The molecule has 0 aliphatic carbocycles. The second kappa shape index (κ2) is 6.36. The molecule has 0 spiro atoms. The van der Waals surface area contributed by atoms with E-state index in [4.69, 9.17) is 4.74 Å². The van der Waals surface area contributed by atoms with Crippen molar-refractivity contribution in [3.8, 4) is 0 Å². The van der Waals surface area contributed by atoms with Crippen molar-refractivity contribution in [1.29, 1.82) is 0 Å². The van der Waals surface area contributed by atoms with E-state index < -0.39 is 5.60 Å². The molecule has 1 saturated heterocycles. The first kappa shape index (κ1) is 14.5. The Labute approximate surface area is 105 Å². The Kier molecular flexibility index (Phi) is 5.40. The number of nitrogens with one attached hydrogen (secondary N) is 1. The van der Waals surface area contributed by atoms with E-state index in [1.807, 2.05) is 25.8 Å². The second-order valence-corrected chi connectivity index (χ2v) is 4.99. The van der Waals surface area contributed by atoms with E-state index in [1.165, 1.54) is 6.42 Å². The van der Waals surface area contributed by atoms with Crippen molar-refractivity contribution < 1.29 is 9.53 Å². The molecule has 100 valence electrons. The summed E-state index contributed by atoms with van der Waals surface area (Å²) in [5, 5.41) is 3.18. The van der Waals surface area contributed by atoms with Gasteiger partial charge in [0.05, 0.1) is 0 Å². The number of hydrogen-bond acceptors (Lipinski definition) is 3. The number of methoxy groups -OCH3 is 1. The molecule has 0 aromatic rings. The lowest BCUT2D eigenvalue weighted by Crippen LogP contribution is -2.55. The second-order valence-electron chi connectivity index (χ2n) is 4.99. The molecule has 1 heterocycles. The summed E-state index contributed by atoms with van der Waals surface area (Å²) in [6.45, 7) is 5.62. The third-order valence-electron chi connectivity index (χ3n) is 3.91. The first-order valence-electron chi connectivity index (χ1n) is 6.60. The van der Waals surface area contributed by atoms with Crippen LogP contribution in [0.1, 0.15) is 39.5 Å². The van der Waals surface area contributed by atoms with Crippen LogP contribution < -0.4 is 5.32 Å². The SMILES string of the molecule is CCC(C)(OC)C(=O)N1CCCCC1CNC. The van der Waals surface area contributed by atoms with E-state index in [0.29, 0.717) is 12.5 Å². The lowest BCUT2D eigenvalue weighted by atomic mass is 9.95. The van der Waals surface area contributed by atoms with Gasteiger partial charge in [-0.3, -0.25) is 4.79 Å². The number of amides is 1. The van der Waals surface area contributed by atoms with Crippen molar-refractivity contribution in [3.05, 3.63) is 0 Å². The molecule has 17 heavy (non-hydrogen) atoms. The normalized spacial score (nSPS) is 24.5. The van der Waals surface area contributed by atoms with E-state index in [-0.39, 0.29) is 5.91 Å². The molecule has 2 atom stereocenters. The van der Waals surface area contributed by atoms with Crippen molar-refractivity contribution in [2.75, 3.05) is 27.2 Å². The Balaban J connectivity index is 2.76. The molecule has 1 rings (SSSR count). The molecule has 0 bridgehead atoms. The van der Waals surface area contributed by atoms with Gasteiger partial charge < -0.3 is 15.0 Å². The van der Waals surface area contributed by atoms with Crippen molar-refractivity contribution in [2.45, 2.75) is 51.2 Å². The van der Waals surface area contributed by atoms with Crippen LogP contribution in [-0.2, 0) is 9.53 Å². The van der Waals surface area contributed by atoms with Crippen molar-refractivity contribution in [1.82, 2.24) is 10.2 Å². The summed E-state index contributed by atoms with van der Waals surface area (Å²) in [7, 11) is 3.56. The average molecular weight is 242 g/mol. The topological polar surface area (TPSA) is 41.6 Å². The first-order chi connectivity index (χ1) is 8.09. The molecule has 4 nitrogen and oxygen atoms in total. The van der Waals surface area contributed by atoms with Gasteiger partial charge in [-0.15, -0.1) is 0 Å².